The van der Waals surface area contributed by atoms with Crippen molar-refractivity contribution in [2.75, 3.05) is 26.7 Å². The zero-order chi connectivity index (χ0) is 38.3. The number of nitrogens with zero attached hydrogens (tertiary/aromatic N) is 4. The molecule has 288 valence electrons. The van der Waals surface area contributed by atoms with Gasteiger partial charge in [-0.1, -0.05) is 74.5 Å². The van der Waals surface area contributed by atoms with Gasteiger partial charge in [0.2, 0.25) is 5.91 Å². The van der Waals surface area contributed by atoms with E-state index in [1.54, 1.807) is 30.1 Å². The first-order valence-corrected chi connectivity index (χ1v) is 20.0. The molecular formula is C39H49N7O6S2. The lowest BCUT2D eigenvalue weighted by atomic mass is 9.95. The van der Waals surface area contributed by atoms with Gasteiger partial charge in [-0.15, -0.1) is 22.7 Å². The quantitative estimate of drug-likeness (QED) is 0.103. The van der Waals surface area contributed by atoms with Crippen molar-refractivity contribution >= 4 is 46.8 Å². The fraction of sp³-hybridized carbons (Fsp3) is 0.436. The van der Waals surface area contributed by atoms with E-state index < -0.39 is 24.3 Å². The van der Waals surface area contributed by atoms with Crippen molar-refractivity contribution in [1.29, 1.82) is 0 Å². The second-order valence-electron chi connectivity index (χ2n) is 13.6. The number of carbonyl (C=O) groups excluding carboxylic acids is 4. The SMILES string of the molecule is CC(C)c1nc(CN(C)C(=O)N[C@@H](CCN2CCOC2=O)C(=O)N[C@H](CC[C@H](Cc2ccccc2)NC(=O)OCc2cncs2)Cc2ccccc2)cs1. The molecule has 1 fully saturated rings. The number of carbonyl (C=O) groups is 4. The second kappa shape index (κ2) is 20.4. The first kappa shape index (κ1) is 40.2. The molecule has 0 bridgehead atoms. The molecule has 4 aromatic rings. The highest BCUT2D eigenvalue weighted by atomic mass is 32.1. The molecular weight excluding hydrogens is 727 g/mol. The van der Waals surface area contributed by atoms with E-state index in [2.05, 4.69) is 39.8 Å². The van der Waals surface area contributed by atoms with Crippen LogP contribution in [-0.2, 0) is 40.3 Å². The molecule has 0 aliphatic carbocycles. The number of aromatic nitrogens is 2. The van der Waals surface area contributed by atoms with Crippen LogP contribution in [0.25, 0.3) is 0 Å². The summed E-state index contributed by atoms with van der Waals surface area (Å²) in [7, 11) is 1.66. The third kappa shape index (κ3) is 12.8. The molecule has 54 heavy (non-hydrogen) atoms. The number of rotatable bonds is 19. The van der Waals surface area contributed by atoms with E-state index in [1.165, 1.54) is 21.1 Å². The predicted molar refractivity (Wildman–Crippen MR) is 208 cm³/mol. The molecule has 1 aliphatic rings. The molecule has 3 N–H and O–H groups in total. The van der Waals surface area contributed by atoms with Crippen molar-refractivity contribution < 1.29 is 28.7 Å². The maximum absolute atomic E-state index is 14.2. The molecule has 0 unspecified atom stereocenters. The largest absolute Gasteiger partial charge is 0.448 e. The average Bonchev–Trinajstić information content (AvgIpc) is 3.95. The number of thiazole rings is 2. The van der Waals surface area contributed by atoms with Gasteiger partial charge in [0, 0.05) is 43.2 Å². The van der Waals surface area contributed by atoms with E-state index in [1.807, 2.05) is 66.0 Å². The number of ether oxygens (including phenoxy) is 2. The molecule has 3 heterocycles. The zero-order valence-electron chi connectivity index (χ0n) is 30.9. The van der Waals surface area contributed by atoms with Crippen LogP contribution >= 0.6 is 22.7 Å². The van der Waals surface area contributed by atoms with Crippen LogP contribution in [0.5, 0.6) is 0 Å². The Labute approximate surface area is 324 Å². The summed E-state index contributed by atoms with van der Waals surface area (Å²) < 4.78 is 10.6. The Hall–Kier alpha value is -5.02. The zero-order valence-corrected chi connectivity index (χ0v) is 32.6. The summed E-state index contributed by atoms with van der Waals surface area (Å²) in [6.45, 7) is 5.49. The van der Waals surface area contributed by atoms with Gasteiger partial charge in [0.15, 0.2) is 0 Å². The van der Waals surface area contributed by atoms with Crippen LogP contribution in [0.2, 0.25) is 0 Å². The smallest absolute Gasteiger partial charge is 0.409 e. The highest BCUT2D eigenvalue weighted by Gasteiger charge is 2.29. The van der Waals surface area contributed by atoms with E-state index >= 15 is 0 Å². The molecule has 5 rings (SSSR count). The van der Waals surface area contributed by atoms with Gasteiger partial charge in [0.05, 0.1) is 34.2 Å². The van der Waals surface area contributed by atoms with Gasteiger partial charge in [-0.2, -0.15) is 0 Å². The number of nitrogens with one attached hydrogen (secondary N) is 3. The lowest BCUT2D eigenvalue weighted by Gasteiger charge is -2.27. The lowest BCUT2D eigenvalue weighted by Crippen LogP contribution is -2.53. The van der Waals surface area contributed by atoms with Gasteiger partial charge in [-0.3, -0.25) is 9.78 Å². The van der Waals surface area contributed by atoms with Crippen molar-refractivity contribution in [1.82, 2.24) is 35.7 Å². The summed E-state index contributed by atoms with van der Waals surface area (Å²) in [5, 5.41) is 12.1. The summed E-state index contributed by atoms with van der Waals surface area (Å²) in [4.78, 5) is 65.4. The third-order valence-corrected chi connectivity index (χ3v) is 10.9. The van der Waals surface area contributed by atoms with Crippen LogP contribution in [0.3, 0.4) is 0 Å². The van der Waals surface area contributed by atoms with Crippen LogP contribution in [0, 0.1) is 0 Å². The van der Waals surface area contributed by atoms with E-state index in [4.69, 9.17) is 9.47 Å². The van der Waals surface area contributed by atoms with Gasteiger partial charge in [0.1, 0.15) is 19.3 Å². The summed E-state index contributed by atoms with van der Waals surface area (Å²) in [6, 6.07) is 17.7. The topological polar surface area (TPSA) is 155 Å². The van der Waals surface area contributed by atoms with Gasteiger partial charge in [-0.05, 0) is 43.2 Å². The fourth-order valence-corrected chi connectivity index (χ4v) is 7.36. The van der Waals surface area contributed by atoms with Gasteiger partial charge < -0.3 is 35.2 Å². The molecule has 0 radical (unpaired) electrons. The van der Waals surface area contributed by atoms with E-state index in [0.29, 0.717) is 32.2 Å². The first-order valence-electron chi connectivity index (χ1n) is 18.2. The van der Waals surface area contributed by atoms with E-state index in [0.717, 1.165) is 26.7 Å². The lowest BCUT2D eigenvalue weighted by molar-refractivity contribution is -0.124. The van der Waals surface area contributed by atoms with Crippen molar-refractivity contribution in [2.45, 2.75) is 83.1 Å². The summed E-state index contributed by atoms with van der Waals surface area (Å²) >= 11 is 2.97. The number of benzene rings is 2. The Bertz CT molecular complexity index is 1770. The van der Waals surface area contributed by atoms with Crippen molar-refractivity contribution in [3.8, 4) is 0 Å². The third-order valence-electron chi connectivity index (χ3n) is 8.97. The van der Waals surface area contributed by atoms with Gasteiger partial charge in [0.25, 0.3) is 0 Å². The minimum absolute atomic E-state index is 0.126. The Morgan fingerprint density at radius 1 is 0.926 bits per heavy atom. The molecule has 2 aromatic carbocycles. The van der Waals surface area contributed by atoms with Gasteiger partial charge in [-0.25, -0.2) is 19.4 Å². The van der Waals surface area contributed by atoms with Crippen molar-refractivity contribution in [3.63, 3.8) is 0 Å². The van der Waals surface area contributed by atoms with Crippen LogP contribution in [0.4, 0.5) is 14.4 Å². The first-order chi connectivity index (χ1) is 26.1. The van der Waals surface area contributed by atoms with Crippen LogP contribution in [0.15, 0.2) is 77.8 Å². The summed E-state index contributed by atoms with van der Waals surface area (Å²) in [6.07, 6.45) is 3.05. The monoisotopic (exact) mass is 775 g/mol. The molecule has 0 spiro atoms. The molecule has 0 saturated carbocycles. The Balaban J connectivity index is 1.28. The molecule has 13 nitrogen and oxygen atoms in total. The molecule has 5 amide bonds. The van der Waals surface area contributed by atoms with Crippen molar-refractivity contribution in [3.05, 3.63) is 104 Å². The molecule has 15 heteroatoms. The number of alkyl carbamates (subject to hydrolysis) is 1. The molecule has 2 aromatic heterocycles. The normalized spacial score (nSPS) is 14.2. The van der Waals surface area contributed by atoms with Crippen LogP contribution in [0.1, 0.15) is 65.7 Å². The predicted octanol–water partition coefficient (Wildman–Crippen LogP) is 6.12. The number of hydrogen-bond acceptors (Lipinski definition) is 10. The Morgan fingerprint density at radius 3 is 2.17 bits per heavy atom. The Morgan fingerprint density at radius 2 is 1.59 bits per heavy atom. The number of cyclic esters (lactones) is 1. The Kier molecular flexibility index (Phi) is 15.2. The minimum atomic E-state index is -0.937. The van der Waals surface area contributed by atoms with Crippen LogP contribution < -0.4 is 16.0 Å². The van der Waals surface area contributed by atoms with Gasteiger partial charge >= 0.3 is 18.2 Å². The summed E-state index contributed by atoms with van der Waals surface area (Å²) in [5.41, 5.74) is 4.55. The number of urea groups is 1. The van der Waals surface area contributed by atoms with Crippen LogP contribution in [-0.4, -0.2) is 88.8 Å². The maximum atomic E-state index is 14.2. The standard InChI is InChI=1S/C39H49N7O6S2/c1-27(2)36-42-32(25-53-36)23-45(3)37(48)44-34(16-17-46-18-19-51-39(46)50)35(47)41-30(20-28-10-6-4-7-11-28)14-15-31(21-29-12-8-5-9-13-29)43-38(49)52-24-33-22-40-26-54-33/h4-13,22,25-27,30-31,34H,14-21,23-24H2,1-3H3,(H,41,47)(H,43,49)(H,44,48)/t30-,31-,34+/m1/s1. The fourth-order valence-electron chi connectivity index (χ4n) is 6.03. The summed E-state index contributed by atoms with van der Waals surface area (Å²) in [5.74, 6) is -0.0815. The minimum Gasteiger partial charge on any atom is -0.448 e. The number of amides is 5. The second-order valence-corrected chi connectivity index (χ2v) is 15.5. The average molecular weight is 776 g/mol. The number of hydrogen-bond donors (Lipinski definition) is 3. The highest BCUT2D eigenvalue weighted by Crippen LogP contribution is 2.20. The van der Waals surface area contributed by atoms with Crippen molar-refractivity contribution in [2.24, 2.45) is 0 Å². The molecule has 1 aliphatic heterocycles. The van der Waals surface area contributed by atoms with E-state index in [9.17, 15) is 19.2 Å². The molecule has 1 saturated heterocycles. The highest BCUT2D eigenvalue weighted by molar-refractivity contribution is 7.09. The maximum Gasteiger partial charge on any atom is 0.409 e. The van der Waals surface area contributed by atoms with E-state index in [-0.39, 0.29) is 56.6 Å². The molecule has 3 atom stereocenters.